The van der Waals surface area contributed by atoms with Gasteiger partial charge in [0, 0.05) is 59.1 Å². The molecule has 0 aliphatic carbocycles. The van der Waals surface area contributed by atoms with Crippen LogP contribution in [0.4, 0.5) is 4.79 Å². The molecule has 0 aliphatic rings. The molecule has 0 spiro atoms. The van der Waals surface area contributed by atoms with E-state index in [4.69, 9.17) is 15.0 Å². The number of carbonyl (C=O) groups is 1. The topological polar surface area (TPSA) is 57.5 Å². The van der Waals surface area contributed by atoms with Crippen LogP contribution in [0.3, 0.4) is 0 Å². The first kappa shape index (κ1) is 15.7. The Labute approximate surface area is 79.3 Å². The van der Waals surface area contributed by atoms with Crippen molar-refractivity contribution in [1.82, 2.24) is 0 Å². The minimum atomic E-state index is -1.83. The summed E-state index contributed by atoms with van der Waals surface area (Å²) in [7, 11) is 0. The van der Waals surface area contributed by atoms with E-state index >= 15 is 0 Å². The Morgan fingerprint density at radius 2 is 1.17 bits per heavy atom. The van der Waals surface area contributed by atoms with Gasteiger partial charge in [-0.3, -0.25) is 0 Å². The number of hydrogen-bond donors (Lipinski definition) is 2. The SMILES string of the molecule is O=C(O)O.[Na].[Na]. The predicted octanol–water partition coefficient (Wildman–Crippen LogP) is -0.539. The molecule has 0 atom stereocenters. The molecule has 0 saturated carbocycles. The van der Waals surface area contributed by atoms with Gasteiger partial charge in [0.15, 0.2) is 0 Å². The first-order chi connectivity index (χ1) is 1.73. The predicted molar refractivity (Wildman–Crippen MR) is 22.2 cm³/mol. The van der Waals surface area contributed by atoms with E-state index in [1.54, 1.807) is 0 Å². The van der Waals surface area contributed by atoms with E-state index in [1.807, 2.05) is 0 Å². The zero-order valence-corrected chi connectivity index (χ0v) is 7.80. The summed E-state index contributed by atoms with van der Waals surface area (Å²) in [5.74, 6) is 0. The van der Waals surface area contributed by atoms with Crippen LogP contribution in [0, 0.1) is 0 Å². The van der Waals surface area contributed by atoms with Crippen LogP contribution in [0.2, 0.25) is 0 Å². The summed E-state index contributed by atoms with van der Waals surface area (Å²) in [6.07, 6.45) is -1.83. The van der Waals surface area contributed by atoms with Crippen molar-refractivity contribution in [3.05, 3.63) is 0 Å². The van der Waals surface area contributed by atoms with Gasteiger partial charge in [0.2, 0.25) is 0 Å². The first-order valence-corrected chi connectivity index (χ1v) is 0.651. The van der Waals surface area contributed by atoms with Gasteiger partial charge in [0.05, 0.1) is 0 Å². The molecule has 6 heavy (non-hydrogen) atoms. The molecule has 26 valence electrons. The Balaban J connectivity index is -0.0000000450. The second kappa shape index (κ2) is 9.55. The summed E-state index contributed by atoms with van der Waals surface area (Å²) in [4.78, 5) is 8.56. The average molecular weight is 108 g/mol. The van der Waals surface area contributed by atoms with Gasteiger partial charge in [-0.05, 0) is 0 Å². The van der Waals surface area contributed by atoms with E-state index < -0.39 is 6.16 Å². The van der Waals surface area contributed by atoms with E-state index in [1.165, 1.54) is 0 Å². The Morgan fingerprint density at radius 3 is 1.17 bits per heavy atom. The van der Waals surface area contributed by atoms with Crippen LogP contribution in [-0.2, 0) is 0 Å². The van der Waals surface area contributed by atoms with Crippen molar-refractivity contribution in [2.45, 2.75) is 0 Å². The fraction of sp³-hybridized carbons (Fsp3) is 0. The quantitative estimate of drug-likeness (QED) is 0.410. The maximum atomic E-state index is 8.56. The van der Waals surface area contributed by atoms with Crippen LogP contribution in [0.1, 0.15) is 0 Å². The molecule has 0 bridgehead atoms. The fourth-order valence-corrected chi connectivity index (χ4v) is 0. The molecule has 0 aromatic heterocycles. The number of carboxylic acid groups (broad SMARTS) is 2. The molecule has 2 radical (unpaired) electrons. The van der Waals surface area contributed by atoms with Crippen molar-refractivity contribution in [2.75, 3.05) is 0 Å². The first-order valence-electron chi connectivity index (χ1n) is 0.651. The van der Waals surface area contributed by atoms with Crippen molar-refractivity contribution in [2.24, 2.45) is 0 Å². The third-order valence-electron chi connectivity index (χ3n) is 0. The molecule has 0 aliphatic heterocycles. The monoisotopic (exact) mass is 108 g/mol. The van der Waals surface area contributed by atoms with E-state index in [0.717, 1.165) is 0 Å². The Kier molecular flexibility index (Phi) is 25.0. The Hall–Kier alpha value is 1.27. The van der Waals surface area contributed by atoms with Gasteiger partial charge in [0.25, 0.3) is 0 Å². The maximum Gasteiger partial charge on any atom is 0.503 e. The Bertz CT molecular complexity index is 31.8. The molecule has 0 unspecified atom stereocenters. The van der Waals surface area contributed by atoms with Gasteiger partial charge in [-0.15, -0.1) is 0 Å². The van der Waals surface area contributed by atoms with Gasteiger partial charge in [-0.25, -0.2) is 4.79 Å². The normalized spacial score (nSPS) is 4.00. The van der Waals surface area contributed by atoms with Gasteiger partial charge in [0.1, 0.15) is 0 Å². The van der Waals surface area contributed by atoms with Crippen LogP contribution in [0.25, 0.3) is 0 Å². The van der Waals surface area contributed by atoms with E-state index in [2.05, 4.69) is 0 Å². The van der Waals surface area contributed by atoms with Gasteiger partial charge in [-0.2, -0.15) is 0 Å². The zero-order valence-electron chi connectivity index (χ0n) is 3.80. The second-order valence-electron chi connectivity index (χ2n) is 0.283. The van der Waals surface area contributed by atoms with Crippen LogP contribution in [0.5, 0.6) is 0 Å². The summed E-state index contributed by atoms with van der Waals surface area (Å²) in [6, 6.07) is 0. The van der Waals surface area contributed by atoms with E-state index in [-0.39, 0.29) is 59.1 Å². The van der Waals surface area contributed by atoms with Crippen molar-refractivity contribution in [1.29, 1.82) is 0 Å². The fourth-order valence-electron chi connectivity index (χ4n) is 0. The standard InChI is InChI=1S/CH2O3.2Na/c2-1(3)4;;/h(H2,2,3,4);;. The van der Waals surface area contributed by atoms with Crippen molar-refractivity contribution in [3.63, 3.8) is 0 Å². The van der Waals surface area contributed by atoms with Crippen molar-refractivity contribution >= 4 is 65.3 Å². The molecular formula is CH2Na2O3. The van der Waals surface area contributed by atoms with Gasteiger partial charge < -0.3 is 10.2 Å². The van der Waals surface area contributed by atoms with Crippen molar-refractivity contribution < 1.29 is 15.0 Å². The smallest absolute Gasteiger partial charge is 0.450 e. The van der Waals surface area contributed by atoms with Crippen LogP contribution >= 0.6 is 0 Å². The van der Waals surface area contributed by atoms with Crippen LogP contribution < -0.4 is 0 Å². The molecule has 5 heteroatoms. The van der Waals surface area contributed by atoms with Crippen molar-refractivity contribution in [3.8, 4) is 0 Å². The minimum Gasteiger partial charge on any atom is -0.450 e. The second-order valence-corrected chi connectivity index (χ2v) is 0.283. The van der Waals surface area contributed by atoms with E-state index in [9.17, 15) is 0 Å². The summed E-state index contributed by atoms with van der Waals surface area (Å²) < 4.78 is 0. The molecule has 0 amide bonds. The van der Waals surface area contributed by atoms with Crippen LogP contribution in [0.15, 0.2) is 0 Å². The van der Waals surface area contributed by atoms with E-state index in [0.29, 0.717) is 0 Å². The molecule has 0 rings (SSSR count). The minimum absolute atomic E-state index is 0. The summed E-state index contributed by atoms with van der Waals surface area (Å²) >= 11 is 0. The molecule has 0 fully saturated rings. The van der Waals surface area contributed by atoms with Gasteiger partial charge in [-0.1, -0.05) is 0 Å². The largest absolute Gasteiger partial charge is 0.503 e. The molecule has 3 nitrogen and oxygen atoms in total. The Morgan fingerprint density at radius 1 is 1.17 bits per heavy atom. The molecule has 0 aromatic carbocycles. The molecule has 0 aromatic rings. The zero-order chi connectivity index (χ0) is 3.58. The third kappa shape index (κ3) is 59.6. The van der Waals surface area contributed by atoms with Gasteiger partial charge >= 0.3 is 6.16 Å². The summed E-state index contributed by atoms with van der Waals surface area (Å²) in [6.45, 7) is 0. The third-order valence-corrected chi connectivity index (χ3v) is 0. The number of hydrogen-bond acceptors (Lipinski definition) is 1. The molecule has 2 N–H and O–H groups in total. The average Bonchev–Trinajstić information content (AvgIpc) is 0.811. The molecule has 0 heterocycles. The molecular weight excluding hydrogens is 106 g/mol. The summed E-state index contributed by atoms with van der Waals surface area (Å²) in [5.41, 5.74) is 0. The molecule has 0 saturated heterocycles. The summed E-state index contributed by atoms with van der Waals surface area (Å²) in [5, 5.41) is 13.9. The number of rotatable bonds is 0. The maximum absolute atomic E-state index is 8.56. The van der Waals surface area contributed by atoms with Crippen LogP contribution in [-0.4, -0.2) is 75.5 Å².